The second-order valence-corrected chi connectivity index (χ2v) is 7.58. The molecule has 0 aliphatic heterocycles. The molecule has 7 heteroatoms. The third-order valence-electron chi connectivity index (χ3n) is 3.88. The number of methoxy groups -OCH3 is 1. The summed E-state index contributed by atoms with van der Waals surface area (Å²) >= 11 is 0. The van der Waals surface area contributed by atoms with E-state index in [1.807, 2.05) is 13.0 Å². The molecule has 1 N–H and O–H groups in total. The summed E-state index contributed by atoms with van der Waals surface area (Å²) in [5.41, 5.74) is 1.65. The SMILES string of the molecule is CC[S@](=O)c1ccccc1C(=O)O[C@@H](C)C(=O)Nc1cc(C)ccc1OC. The largest absolute Gasteiger partial charge is 0.495 e. The van der Waals surface area contributed by atoms with Crippen LogP contribution in [0.25, 0.3) is 0 Å². The lowest BCUT2D eigenvalue weighted by Crippen LogP contribution is -2.30. The van der Waals surface area contributed by atoms with Crippen molar-refractivity contribution in [1.82, 2.24) is 0 Å². The Morgan fingerprint density at radius 3 is 2.56 bits per heavy atom. The predicted molar refractivity (Wildman–Crippen MR) is 105 cm³/mol. The highest BCUT2D eigenvalue weighted by Gasteiger charge is 2.23. The summed E-state index contributed by atoms with van der Waals surface area (Å²) in [6, 6.07) is 11.9. The van der Waals surface area contributed by atoms with Gasteiger partial charge in [-0.05, 0) is 43.7 Å². The molecule has 144 valence electrons. The van der Waals surface area contributed by atoms with E-state index in [9.17, 15) is 13.8 Å². The number of carbonyl (C=O) groups excluding carboxylic acids is 2. The Labute approximate surface area is 161 Å². The van der Waals surface area contributed by atoms with E-state index in [1.165, 1.54) is 14.0 Å². The minimum atomic E-state index is -1.30. The number of aryl methyl sites for hydroxylation is 1. The molecule has 0 bridgehead atoms. The van der Waals surface area contributed by atoms with Crippen LogP contribution < -0.4 is 10.1 Å². The number of amides is 1. The summed E-state index contributed by atoms with van der Waals surface area (Å²) in [6.07, 6.45) is -1.04. The fourth-order valence-electron chi connectivity index (χ4n) is 2.42. The molecule has 0 saturated heterocycles. The number of ether oxygens (including phenoxy) is 2. The molecule has 2 aromatic carbocycles. The molecule has 0 aromatic heterocycles. The van der Waals surface area contributed by atoms with Crippen molar-refractivity contribution in [2.45, 2.75) is 31.8 Å². The van der Waals surface area contributed by atoms with E-state index < -0.39 is 28.8 Å². The summed E-state index contributed by atoms with van der Waals surface area (Å²) < 4.78 is 22.6. The lowest BCUT2D eigenvalue weighted by Gasteiger charge is -2.16. The van der Waals surface area contributed by atoms with Gasteiger partial charge in [-0.25, -0.2) is 4.79 Å². The van der Waals surface area contributed by atoms with Crippen molar-refractivity contribution < 1.29 is 23.3 Å². The average Bonchev–Trinajstić information content (AvgIpc) is 2.67. The smallest absolute Gasteiger partial charge is 0.340 e. The van der Waals surface area contributed by atoms with Gasteiger partial charge in [0, 0.05) is 5.75 Å². The predicted octanol–water partition coefficient (Wildman–Crippen LogP) is 3.32. The number of nitrogens with one attached hydrogen (secondary N) is 1. The summed E-state index contributed by atoms with van der Waals surface area (Å²) in [5.74, 6) is -0.281. The Morgan fingerprint density at radius 1 is 1.19 bits per heavy atom. The Kier molecular flexibility index (Phi) is 7.12. The molecule has 0 saturated carbocycles. The highest BCUT2D eigenvalue weighted by Crippen LogP contribution is 2.25. The van der Waals surface area contributed by atoms with Gasteiger partial charge in [-0.3, -0.25) is 9.00 Å². The van der Waals surface area contributed by atoms with Crippen LogP contribution in [-0.2, 0) is 20.3 Å². The molecule has 0 heterocycles. The molecule has 2 rings (SSSR count). The molecule has 0 aliphatic carbocycles. The van der Waals surface area contributed by atoms with Crippen LogP contribution in [0.15, 0.2) is 47.4 Å². The molecular weight excluding hydrogens is 366 g/mol. The number of carbonyl (C=O) groups is 2. The fraction of sp³-hybridized carbons (Fsp3) is 0.300. The number of hydrogen-bond donors (Lipinski definition) is 1. The number of anilines is 1. The second kappa shape index (κ2) is 9.32. The van der Waals surface area contributed by atoms with Crippen molar-refractivity contribution in [3.63, 3.8) is 0 Å². The van der Waals surface area contributed by atoms with Crippen molar-refractivity contribution in [3.05, 3.63) is 53.6 Å². The average molecular weight is 389 g/mol. The fourth-order valence-corrected chi connectivity index (χ4v) is 3.36. The van der Waals surface area contributed by atoms with Crippen LogP contribution in [0.5, 0.6) is 5.75 Å². The molecular formula is C20H23NO5S. The van der Waals surface area contributed by atoms with Gasteiger partial charge in [0.2, 0.25) is 0 Å². The maximum atomic E-state index is 12.5. The van der Waals surface area contributed by atoms with Gasteiger partial charge >= 0.3 is 5.97 Å². The van der Waals surface area contributed by atoms with E-state index in [0.717, 1.165) is 5.56 Å². The molecule has 0 fully saturated rings. The van der Waals surface area contributed by atoms with Crippen LogP contribution in [0.1, 0.15) is 29.8 Å². The molecule has 27 heavy (non-hydrogen) atoms. The first-order chi connectivity index (χ1) is 12.9. The number of esters is 1. The van der Waals surface area contributed by atoms with E-state index in [4.69, 9.17) is 9.47 Å². The minimum absolute atomic E-state index is 0.200. The van der Waals surface area contributed by atoms with Gasteiger partial charge in [-0.1, -0.05) is 25.1 Å². The lowest BCUT2D eigenvalue weighted by molar-refractivity contribution is -0.123. The first-order valence-electron chi connectivity index (χ1n) is 8.51. The van der Waals surface area contributed by atoms with Gasteiger partial charge < -0.3 is 14.8 Å². The van der Waals surface area contributed by atoms with Gasteiger partial charge in [-0.15, -0.1) is 0 Å². The number of benzene rings is 2. The highest BCUT2D eigenvalue weighted by atomic mass is 32.2. The van der Waals surface area contributed by atoms with Gasteiger partial charge in [0.15, 0.2) is 6.10 Å². The molecule has 0 aliphatic rings. The Hall–Kier alpha value is -2.67. The summed E-state index contributed by atoms with van der Waals surface area (Å²) in [7, 11) is 0.204. The first kappa shape index (κ1) is 20.6. The maximum absolute atomic E-state index is 12.5. The number of rotatable bonds is 7. The maximum Gasteiger partial charge on any atom is 0.340 e. The summed E-state index contributed by atoms with van der Waals surface area (Å²) in [6.45, 7) is 5.14. The summed E-state index contributed by atoms with van der Waals surface area (Å²) in [4.78, 5) is 25.3. The normalized spacial score (nSPS) is 12.7. The summed E-state index contributed by atoms with van der Waals surface area (Å²) in [5, 5.41) is 2.71. The Morgan fingerprint density at radius 2 is 1.89 bits per heavy atom. The molecule has 1 amide bonds. The zero-order valence-electron chi connectivity index (χ0n) is 15.8. The van der Waals surface area contributed by atoms with E-state index >= 15 is 0 Å². The van der Waals surface area contributed by atoms with E-state index in [0.29, 0.717) is 22.1 Å². The molecule has 2 aromatic rings. The van der Waals surface area contributed by atoms with Crippen molar-refractivity contribution in [2.24, 2.45) is 0 Å². The lowest BCUT2D eigenvalue weighted by atomic mass is 10.2. The Balaban J connectivity index is 2.12. The first-order valence-corrected chi connectivity index (χ1v) is 9.83. The van der Waals surface area contributed by atoms with Crippen LogP contribution in [0.3, 0.4) is 0 Å². The molecule has 6 nitrogen and oxygen atoms in total. The third-order valence-corrected chi connectivity index (χ3v) is 5.25. The molecule has 0 radical (unpaired) electrons. The quantitative estimate of drug-likeness (QED) is 0.735. The third kappa shape index (κ3) is 5.17. The minimum Gasteiger partial charge on any atom is -0.495 e. The van der Waals surface area contributed by atoms with Gasteiger partial charge in [0.05, 0.1) is 34.1 Å². The molecule has 0 unspecified atom stereocenters. The van der Waals surface area contributed by atoms with Crippen LogP contribution in [0.2, 0.25) is 0 Å². The van der Waals surface area contributed by atoms with E-state index in [-0.39, 0.29) is 5.56 Å². The zero-order valence-corrected chi connectivity index (χ0v) is 16.6. The van der Waals surface area contributed by atoms with Crippen LogP contribution in [0.4, 0.5) is 5.69 Å². The van der Waals surface area contributed by atoms with Crippen LogP contribution in [-0.4, -0.2) is 35.1 Å². The van der Waals surface area contributed by atoms with E-state index in [1.54, 1.807) is 43.3 Å². The molecule has 0 spiro atoms. The van der Waals surface area contributed by atoms with Crippen LogP contribution in [0, 0.1) is 6.92 Å². The van der Waals surface area contributed by atoms with Gasteiger partial charge in [-0.2, -0.15) is 0 Å². The van der Waals surface area contributed by atoms with Crippen molar-refractivity contribution in [2.75, 3.05) is 18.2 Å². The van der Waals surface area contributed by atoms with Crippen molar-refractivity contribution in [1.29, 1.82) is 0 Å². The van der Waals surface area contributed by atoms with Gasteiger partial charge in [0.1, 0.15) is 5.75 Å². The van der Waals surface area contributed by atoms with Crippen molar-refractivity contribution >= 4 is 28.4 Å². The van der Waals surface area contributed by atoms with E-state index in [2.05, 4.69) is 5.32 Å². The highest BCUT2D eigenvalue weighted by molar-refractivity contribution is 7.85. The van der Waals surface area contributed by atoms with Crippen molar-refractivity contribution in [3.8, 4) is 5.75 Å². The zero-order chi connectivity index (χ0) is 20.0. The monoisotopic (exact) mass is 389 g/mol. The molecule has 2 atom stereocenters. The Bertz CT molecular complexity index is 865. The standard InChI is InChI=1S/C20H23NO5S/c1-5-27(24)18-9-7-6-8-15(18)20(23)26-14(3)19(22)21-16-12-13(2)10-11-17(16)25-4/h6-12,14H,5H2,1-4H3,(H,21,22)/t14-,27-/m0/s1. The van der Waals surface area contributed by atoms with Crippen LogP contribution >= 0.6 is 0 Å². The second-order valence-electron chi connectivity index (χ2n) is 5.87. The van der Waals surface area contributed by atoms with Gasteiger partial charge in [0.25, 0.3) is 5.91 Å². The number of hydrogen-bond acceptors (Lipinski definition) is 5. The topological polar surface area (TPSA) is 81.7 Å².